The van der Waals surface area contributed by atoms with Crippen LogP contribution in [-0.2, 0) is 0 Å². The Bertz CT molecular complexity index is 864. The molecular weight excluding hydrogens is 340 g/mol. The van der Waals surface area contributed by atoms with Gasteiger partial charge in [0.2, 0.25) is 17.2 Å². The Morgan fingerprint density at radius 3 is 2.00 bits per heavy atom. The molecule has 0 radical (unpaired) electrons. The molecule has 0 atom stereocenters. The first-order chi connectivity index (χ1) is 13.0. The van der Waals surface area contributed by atoms with Crippen molar-refractivity contribution >= 4 is 17.5 Å². The zero-order chi connectivity index (χ0) is 19.0. The second-order valence-corrected chi connectivity index (χ2v) is 7.40. The van der Waals surface area contributed by atoms with Crippen LogP contribution in [0.5, 0.6) is 0 Å². The summed E-state index contributed by atoms with van der Waals surface area (Å²) in [5.74, 6) is -0.537. The van der Waals surface area contributed by atoms with Gasteiger partial charge in [-0.05, 0) is 30.9 Å². The van der Waals surface area contributed by atoms with Gasteiger partial charge in [0.25, 0.3) is 5.91 Å². The molecule has 0 spiro atoms. The molecule has 2 aromatic carbocycles. The first-order valence-electron chi connectivity index (χ1n) is 9.35. The highest BCUT2D eigenvalue weighted by Gasteiger charge is 2.58. The monoisotopic (exact) mass is 362 g/mol. The minimum absolute atomic E-state index is 0.332. The number of likely N-dealkylation sites (tertiary alicyclic amines) is 1. The lowest BCUT2D eigenvalue weighted by molar-refractivity contribution is 0.0260. The van der Waals surface area contributed by atoms with Gasteiger partial charge in [0, 0.05) is 29.8 Å². The van der Waals surface area contributed by atoms with E-state index in [1.807, 2.05) is 11.0 Å². The highest BCUT2D eigenvalue weighted by atomic mass is 16.2. The van der Waals surface area contributed by atoms with Crippen molar-refractivity contribution in [1.82, 2.24) is 10.2 Å². The highest BCUT2D eigenvalue weighted by molar-refractivity contribution is 6.33. The van der Waals surface area contributed by atoms with E-state index >= 15 is 0 Å². The molecule has 138 valence electrons. The Morgan fingerprint density at radius 2 is 1.44 bits per heavy atom. The number of nitrogens with one attached hydrogen (secondary N) is 1. The van der Waals surface area contributed by atoms with Crippen molar-refractivity contribution < 1.29 is 14.4 Å². The summed E-state index contributed by atoms with van der Waals surface area (Å²) < 4.78 is 0. The molecule has 2 aliphatic rings. The molecule has 0 bridgehead atoms. The summed E-state index contributed by atoms with van der Waals surface area (Å²) in [6.45, 7) is 3.36. The van der Waals surface area contributed by atoms with Gasteiger partial charge in [-0.25, -0.2) is 0 Å². The van der Waals surface area contributed by atoms with Crippen LogP contribution in [0, 0.1) is 5.92 Å². The third kappa shape index (κ3) is 2.79. The van der Waals surface area contributed by atoms with Crippen LogP contribution in [-0.4, -0.2) is 41.1 Å². The van der Waals surface area contributed by atoms with Crippen LogP contribution in [0.25, 0.3) is 0 Å². The van der Waals surface area contributed by atoms with Gasteiger partial charge in [0.05, 0.1) is 0 Å². The summed E-state index contributed by atoms with van der Waals surface area (Å²) in [5, 5.41) is 2.83. The Kier molecular flexibility index (Phi) is 4.40. The van der Waals surface area contributed by atoms with Gasteiger partial charge in [0.1, 0.15) is 0 Å². The maximum atomic E-state index is 13.4. The molecule has 1 N–H and O–H groups in total. The molecule has 1 saturated heterocycles. The number of piperidine rings is 1. The zero-order valence-corrected chi connectivity index (χ0v) is 15.3. The summed E-state index contributed by atoms with van der Waals surface area (Å²) in [4.78, 5) is 41.6. The maximum Gasteiger partial charge on any atom is 0.253 e. The molecule has 1 aliphatic carbocycles. The largest absolute Gasteiger partial charge is 0.320 e. The summed E-state index contributed by atoms with van der Waals surface area (Å²) in [5.41, 5.74) is -0.445. The van der Waals surface area contributed by atoms with Crippen LogP contribution in [0.1, 0.15) is 50.8 Å². The molecule has 0 aromatic heterocycles. The van der Waals surface area contributed by atoms with E-state index in [4.69, 9.17) is 0 Å². The Labute approximate surface area is 158 Å². The smallest absolute Gasteiger partial charge is 0.253 e. The second-order valence-electron chi connectivity index (χ2n) is 7.40. The quantitative estimate of drug-likeness (QED) is 0.853. The molecular formula is C22H22N2O3. The molecule has 0 saturated carbocycles. The molecule has 4 rings (SSSR count). The van der Waals surface area contributed by atoms with Crippen LogP contribution in [0.2, 0.25) is 0 Å². The van der Waals surface area contributed by atoms with Crippen molar-refractivity contribution in [3.8, 4) is 0 Å². The summed E-state index contributed by atoms with van der Waals surface area (Å²) in [6.07, 6.45) is 1.78. The van der Waals surface area contributed by atoms with Crippen molar-refractivity contribution in [2.24, 2.45) is 5.92 Å². The van der Waals surface area contributed by atoms with E-state index in [0.29, 0.717) is 35.7 Å². The van der Waals surface area contributed by atoms with Gasteiger partial charge in [-0.15, -0.1) is 0 Å². The normalized spacial score (nSPS) is 19.7. The van der Waals surface area contributed by atoms with E-state index in [2.05, 4.69) is 12.2 Å². The minimum Gasteiger partial charge on any atom is -0.320 e. The van der Waals surface area contributed by atoms with Gasteiger partial charge >= 0.3 is 0 Å². The first-order valence-corrected chi connectivity index (χ1v) is 9.35. The topological polar surface area (TPSA) is 66.5 Å². The number of nitrogens with zero attached hydrogens (tertiary/aromatic N) is 1. The van der Waals surface area contributed by atoms with E-state index in [0.717, 1.165) is 12.8 Å². The number of amides is 1. The lowest BCUT2D eigenvalue weighted by atomic mass is 9.93. The lowest BCUT2D eigenvalue weighted by Crippen LogP contribution is -2.68. The Morgan fingerprint density at radius 1 is 0.926 bits per heavy atom. The van der Waals surface area contributed by atoms with Gasteiger partial charge in [-0.3, -0.25) is 19.3 Å². The fourth-order valence-corrected chi connectivity index (χ4v) is 4.02. The molecule has 5 heteroatoms. The van der Waals surface area contributed by atoms with Crippen molar-refractivity contribution in [1.29, 1.82) is 0 Å². The fourth-order valence-electron chi connectivity index (χ4n) is 4.02. The van der Waals surface area contributed by atoms with Crippen molar-refractivity contribution in [2.75, 3.05) is 13.1 Å². The third-order valence-electron chi connectivity index (χ3n) is 5.66. The Balaban J connectivity index is 1.76. The predicted octanol–water partition coefficient (Wildman–Crippen LogP) is 2.92. The van der Waals surface area contributed by atoms with Crippen molar-refractivity contribution in [3.63, 3.8) is 0 Å². The number of carbonyl (C=O) groups excluding carboxylic acids is 3. The minimum atomic E-state index is -1.64. The number of hydrogen-bond donors (Lipinski definition) is 1. The molecule has 0 unspecified atom stereocenters. The highest BCUT2D eigenvalue weighted by Crippen LogP contribution is 2.35. The van der Waals surface area contributed by atoms with Crippen LogP contribution >= 0.6 is 0 Å². The number of fused-ring (bicyclic) bond motifs is 1. The zero-order valence-electron chi connectivity index (χ0n) is 15.3. The molecule has 1 aliphatic heterocycles. The summed E-state index contributed by atoms with van der Waals surface area (Å²) >= 11 is 0. The summed E-state index contributed by atoms with van der Waals surface area (Å²) in [6, 6.07) is 15.5. The number of carbonyl (C=O) groups is 3. The molecule has 5 nitrogen and oxygen atoms in total. The van der Waals surface area contributed by atoms with Gasteiger partial charge in [-0.2, -0.15) is 0 Å². The van der Waals surface area contributed by atoms with E-state index in [1.165, 1.54) is 0 Å². The fraction of sp³-hybridized carbons (Fsp3) is 0.318. The predicted molar refractivity (Wildman–Crippen MR) is 102 cm³/mol. The number of rotatable bonds is 3. The van der Waals surface area contributed by atoms with Crippen molar-refractivity contribution in [3.05, 3.63) is 71.3 Å². The molecule has 1 amide bonds. The summed E-state index contributed by atoms with van der Waals surface area (Å²) in [7, 11) is 0. The number of benzene rings is 2. The van der Waals surface area contributed by atoms with Crippen LogP contribution < -0.4 is 5.32 Å². The molecule has 27 heavy (non-hydrogen) atoms. The standard InChI is InChI=1S/C22H22N2O3/c1-15-11-13-24(14-12-15)22(23-21(27)16-7-3-2-4-8-16)19(25)17-9-5-6-10-18(17)20(22)26/h2-10,15H,11-14H2,1H3,(H,23,27). The molecule has 1 heterocycles. The van der Waals surface area contributed by atoms with E-state index in [1.54, 1.807) is 48.5 Å². The van der Waals surface area contributed by atoms with E-state index in [-0.39, 0.29) is 11.6 Å². The van der Waals surface area contributed by atoms with Gasteiger partial charge < -0.3 is 5.32 Å². The van der Waals surface area contributed by atoms with E-state index < -0.39 is 11.6 Å². The van der Waals surface area contributed by atoms with Gasteiger partial charge in [-0.1, -0.05) is 49.4 Å². The van der Waals surface area contributed by atoms with Crippen molar-refractivity contribution in [2.45, 2.75) is 25.4 Å². The molecule has 2 aromatic rings. The SMILES string of the molecule is CC1CCN(C2(NC(=O)c3ccccc3)C(=O)c3ccccc3C2=O)CC1. The molecule has 1 fully saturated rings. The van der Waals surface area contributed by atoms with Gasteiger partial charge in [0.15, 0.2) is 0 Å². The van der Waals surface area contributed by atoms with E-state index in [9.17, 15) is 14.4 Å². The van der Waals surface area contributed by atoms with Crippen LogP contribution in [0.15, 0.2) is 54.6 Å². The number of ketones is 2. The second kappa shape index (κ2) is 6.74. The average molecular weight is 362 g/mol. The van der Waals surface area contributed by atoms with Crippen LogP contribution in [0.3, 0.4) is 0 Å². The lowest BCUT2D eigenvalue weighted by Gasteiger charge is -2.42. The van der Waals surface area contributed by atoms with Crippen LogP contribution in [0.4, 0.5) is 0 Å². The average Bonchev–Trinajstić information content (AvgIpc) is 2.92. The number of hydrogen-bond acceptors (Lipinski definition) is 4. The first kappa shape index (κ1) is 17.6. The number of Topliss-reactive ketones (excluding diaryl/α,β-unsaturated/α-hetero) is 2. The third-order valence-corrected chi connectivity index (χ3v) is 5.66. The Hall–Kier alpha value is -2.79. The maximum absolute atomic E-state index is 13.4.